The van der Waals surface area contributed by atoms with Gasteiger partial charge in [-0.25, -0.2) is 0 Å². The minimum absolute atomic E-state index is 0.182. The molecule has 0 aliphatic carbocycles. The van der Waals surface area contributed by atoms with Gasteiger partial charge < -0.3 is 5.11 Å². The molecule has 0 unspecified atom stereocenters. The number of allylic oxidation sites excluding steroid dienone is 2. The highest BCUT2D eigenvalue weighted by molar-refractivity contribution is 4.87. The Kier molecular flexibility index (Phi) is 5.22. The lowest BCUT2D eigenvalue weighted by Crippen LogP contribution is -2.13. The van der Waals surface area contributed by atoms with Gasteiger partial charge >= 0.3 is 0 Å². The molecule has 0 saturated carbocycles. The Morgan fingerprint density at radius 2 is 1.82 bits per heavy atom. The van der Waals surface area contributed by atoms with Crippen molar-refractivity contribution in [3.63, 3.8) is 0 Å². The number of rotatable bonds is 4. The first kappa shape index (κ1) is 10.7. The number of hydrogen-bond acceptors (Lipinski definition) is 1. The van der Waals surface area contributed by atoms with Crippen LogP contribution in [0.3, 0.4) is 0 Å². The molecule has 0 radical (unpaired) electrons. The first-order chi connectivity index (χ1) is 5.07. The van der Waals surface area contributed by atoms with Crippen LogP contribution in [-0.4, -0.2) is 11.2 Å². The van der Waals surface area contributed by atoms with E-state index in [0.717, 1.165) is 6.42 Å². The van der Waals surface area contributed by atoms with Gasteiger partial charge in [-0.2, -0.15) is 0 Å². The smallest absolute Gasteiger partial charge is 0.0517 e. The van der Waals surface area contributed by atoms with E-state index in [1.807, 2.05) is 13.8 Å². The fourth-order valence-corrected chi connectivity index (χ4v) is 1.21. The summed E-state index contributed by atoms with van der Waals surface area (Å²) in [7, 11) is 0. The van der Waals surface area contributed by atoms with Crippen molar-refractivity contribution in [3.05, 3.63) is 12.2 Å². The molecule has 0 aliphatic rings. The van der Waals surface area contributed by atoms with E-state index in [0.29, 0.717) is 11.8 Å². The summed E-state index contributed by atoms with van der Waals surface area (Å²) in [5.74, 6) is 1.15. The summed E-state index contributed by atoms with van der Waals surface area (Å²) in [6.07, 6.45) is 4.94. The molecular weight excluding hydrogens is 136 g/mol. The van der Waals surface area contributed by atoms with Crippen LogP contribution in [0, 0.1) is 11.8 Å². The van der Waals surface area contributed by atoms with Crippen LogP contribution in [0.15, 0.2) is 12.2 Å². The fourth-order valence-electron chi connectivity index (χ4n) is 1.21. The summed E-state index contributed by atoms with van der Waals surface area (Å²) in [5.41, 5.74) is 0. The van der Waals surface area contributed by atoms with E-state index in [1.54, 1.807) is 0 Å². The summed E-state index contributed by atoms with van der Waals surface area (Å²) < 4.78 is 0. The van der Waals surface area contributed by atoms with Crippen LogP contribution in [0.1, 0.15) is 34.1 Å². The van der Waals surface area contributed by atoms with E-state index in [1.165, 1.54) is 0 Å². The van der Waals surface area contributed by atoms with E-state index in [-0.39, 0.29) is 6.10 Å². The molecule has 0 amide bonds. The number of hydrogen-bond donors (Lipinski definition) is 1. The van der Waals surface area contributed by atoms with Gasteiger partial charge in [-0.05, 0) is 32.1 Å². The molecule has 1 heteroatoms. The van der Waals surface area contributed by atoms with E-state index in [4.69, 9.17) is 5.11 Å². The Hall–Kier alpha value is -0.300. The van der Waals surface area contributed by atoms with Crippen LogP contribution >= 0.6 is 0 Å². The van der Waals surface area contributed by atoms with Crippen molar-refractivity contribution in [2.75, 3.05) is 0 Å². The van der Waals surface area contributed by atoms with Gasteiger partial charge in [0.2, 0.25) is 0 Å². The third kappa shape index (κ3) is 5.02. The summed E-state index contributed by atoms with van der Waals surface area (Å²) >= 11 is 0. The van der Waals surface area contributed by atoms with Crippen LogP contribution in [0.4, 0.5) is 0 Å². The number of aliphatic hydroxyl groups excluding tert-OH is 1. The van der Waals surface area contributed by atoms with Gasteiger partial charge in [-0.3, -0.25) is 0 Å². The Labute approximate surface area is 70.1 Å². The lowest BCUT2D eigenvalue weighted by atomic mass is 9.90. The average molecular weight is 156 g/mol. The maximum atomic E-state index is 9.16. The average Bonchev–Trinajstić information content (AvgIpc) is 1.86. The molecular formula is C10H20O. The molecule has 0 aliphatic heterocycles. The fraction of sp³-hybridized carbons (Fsp3) is 0.800. The van der Waals surface area contributed by atoms with Crippen LogP contribution in [0.2, 0.25) is 0 Å². The second-order valence-corrected chi connectivity index (χ2v) is 3.52. The molecule has 11 heavy (non-hydrogen) atoms. The first-order valence-corrected chi connectivity index (χ1v) is 4.38. The zero-order chi connectivity index (χ0) is 8.85. The molecule has 0 heterocycles. The monoisotopic (exact) mass is 156 g/mol. The zero-order valence-corrected chi connectivity index (χ0v) is 8.04. The molecule has 1 nitrogen and oxygen atoms in total. The predicted octanol–water partition coefficient (Wildman–Crippen LogP) is 2.61. The Morgan fingerprint density at radius 1 is 1.27 bits per heavy atom. The molecule has 0 rings (SSSR count). The number of aliphatic hydroxyl groups is 1. The quantitative estimate of drug-likeness (QED) is 0.620. The van der Waals surface area contributed by atoms with Crippen molar-refractivity contribution in [2.24, 2.45) is 11.8 Å². The van der Waals surface area contributed by atoms with Crippen molar-refractivity contribution in [1.29, 1.82) is 0 Å². The van der Waals surface area contributed by atoms with Crippen molar-refractivity contribution in [3.8, 4) is 0 Å². The summed E-state index contributed by atoms with van der Waals surface area (Å²) in [6, 6.07) is 0. The molecule has 2 atom stereocenters. The molecule has 0 aromatic heterocycles. The van der Waals surface area contributed by atoms with Crippen LogP contribution in [0.5, 0.6) is 0 Å². The highest BCUT2D eigenvalue weighted by Crippen LogP contribution is 2.18. The molecule has 1 N–H and O–H groups in total. The first-order valence-electron chi connectivity index (χ1n) is 4.38. The highest BCUT2D eigenvalue weighted by Gasteiger charge is 2.11. The van der Waals surface area contributed by atoms with Crippen molar-refractivity contribution < 1.29 is 5.11 Å². The SMILES string of the molecule is C/C=C\[C@@H](C[C@H](C)O)C(C)C. The molecule has 66 valence electrons. The molecule has 0 fully saturated rings. The molecule has 0 aromatic carbocycles. The maximum absolute atomic E-state index is 9.16. The van der Waals surface area contributed by atoms with Crippen molar-refractivity contribution in [2.45, 2.75) is 40.2 Å². The van der Waals surface area contributed by atoms with Gasteiger partial charge in [0, 0.05) is 0 Å². The Morgan fingerprint density at radius 3 is 2.09 bits per heavy atom. The Balaban J connectivity index is 3.89. The van der Waals surface area contributed by atoms with Gasteiger partial charge in [0.05, 0.1) is 6.10 Å². The van der Waals surface area contributed by atoms with E-state index >= 15 is 0 Å². The minimum Gasteiger partial charge on any atom is -0.393 e. The second kappa shape index (κ2) is 5.36. The lowest BCUT2D eigenvalue weighted by molar-refractivity contribution is 0.159. The molecule has 0 bridgehead atoms. The van der Waals surface area contributed by atoms with Crippen molar-refractivity contribution in [1.82, 2.24) is 0 Å². The van der Waals surface area contributed by atoms with Gasteiger partial charge in [-0.1, -0.05) is 26.0 Å². The third-order valence-electron chi connectivity index (χ3n) is 1.91. The topological polar surface area (TPSA) is 20.2 Å². The minimum atomic E-state index is -0.182. The lowest BCUT2D eigenvalue weighted by Gasteiger charge is -2.18. The van der Waals surface area contributed by atoms with Gasteiger partial charge in [0.15, 0.2) is 0 Å². The second-order valence-electron chi connectivity index (χ2n) is 3.52. The maximum Gasteiger partial charge on any atom is 0.0517 e. The van der Waals surface area contributed by atoms with E-state index in [9.17, 15) is 0 Å². The van der Waals surface area contributed by atoms with Crippen LogP contribution in [0.25, 0.3) is 0 Å². The van der Waals surface area contributed by atoms with Gasteiger partial charge in [0.25, 0.3) is 0 Å². The van der Waals surface area contributed by atoms with Crippen LogP contribution < -0.4 is 0 Å². The summed E-state index contributed by atoms with van der Waals surface area (Å²) in [6.45, 7) is 8.25. The standard InChI is InChI=1S/C10H20O/c1-5-6-10(8(2)3)7-9(4)11/h5-6,8-11H,7H2,1-4H3/b6-5-/t9-,10-/m0/s1. The van der Waals surface area contributed by atoms with Gasteiger partial charge in [0.1, 0.15) is 0 Å². The highest BCUT2D eigenvalue weighted by atomic mass is 16.3. The molecule has 0 saturated heterocycles. The van der Waals surface area contributed by atoms with Gasteiger partial charge in [-0.15, -0.1) is 0 Å². The normalized spacial score (nSPS) is 17.6. The third-order valence-corrected chi connectivity index (χ3v) is 1.91. The van der Waals surface area contributed by atoms with Crippen molar-refractivity contribution >= 4 is 0 Å². The summed E-state index contributed by atoms with van der Waals surface area (Å²) in [5, 5.41) is 9.16. The summed E-state index contributed by atoms with van der Waals surface area (Å²) in [4.78, 5) is 0. The molecule has 0 aromatic rings. The Bertz CT molecular complexity index is 114. The largest absolute Gasteiger partial charge is 0.393 e. The predicted molar refractivity (Wildman–Crippen MR) is 49.4 cm³/mol. The zero-order valence-electron chi connectivity index (χ0n) is 8.04. The van der Waals surface area contributed by atoms with E-state index in [2.05, 4.69) is 26.0 Å². The van der Waals surface area contributed by atoms with E-state index < -0.39 is 0 Å². The molecule has 0 spiro atoms. The van der Waals surface area contributed by atoms with Crippen LogP contribution in [-0.2, 0) is 0 Å².